The molecule has 7 heteroatoms. The number of phenols is 1. The zero-order chi connectivity index (χ0) is 14.2. The fraction of sp³-hybridized carbons (Fsp3) is 0.333. The van der Waals surface area contributed by atoms with Crippen LogP contribution in [0.25, 0.3) is 0 Å². The number of carbonyl (C=O) groups excluding carboxylic acids is 2. The number of likely N-dealkylation sites (N-methyl/N-ethyl adjacent to an activating group) is 1. The Kier molecular flexibility index (Phi) is 4.01. The Hall–Kier alpha value is -1.27. The normalized spacial score (nSPS) is 18.8. The van der Waals surface area contributed by atoms with Crippen molar-refractivity contribution in [3.63, 3.8) is 0 Å². The molecule has 2 rings (SSSR count). The molecule has 2 N–H and O–H groups in total. The van der Waals surface area contributed by atoms with Gasteiger partial charge in [-0.05, 0) is 18.6 Å². The molecule has 0 saturated carbocycles. The molecule has 19 heavy (non-hydrogen) atoms. The summed E-state index contributed by atoms with van der Waals surface area (Å²) in [6.45, 7) is 0.606. The van der Waals surface area contributed by atoms with Gasteiger partial charge < -0.3 is 15.3 Å². The molecule has 1 fully saturated rings. The lowest BCUT2D eigenvalue weighted by atomic mass is 10.1. The van der Waals surface area contributed by atoms with E-state index >= 15 is 0 Å². The van der Waals surface area contributed by atoms with E-state index in [1.54, 1.807) is 11.9 Å². The van der Waals surface area contributed by atoms with Crippen LogP contribution in [0.15, 0.2) is 16.6 Å². The highest BCUT2D eigenvalue weighted by Gasteiger charge is 2.31. The van der Waals surface area contributed by atoms with E-state index in [1.807, 2.05) is 0 Å². The summed E-state index contributed by atoms with van der Waals surface area (Å²) < 4.78 is 0.579. The lowest BCUT2D eigenvalue weighted by molar-refractivity contribution is -0.128. The smallest absolute Gasteiger partial charge is 0.255 e. The molecule has 1 saturated heterocycles. The van der Waals surface area contributed by atoms with Crippen molar-refractivity contribution in [2.24, 2.45) is 0 Å². The summed E-state index contributed by atoms with van der Waals surface area (Å²) in [5, 5.41) is 12.5. The fourth-order valence-corrected chi connectivity index (χ4v) is 2.74. The van der Waals surface area contributed by atoms with E-state index in [-0.39, 0.29) is 22.2 Å². The van der Waals surface area contributed by atoms with Crippen LogP contribution >= 0.6 is 27.5 Å². The standard InChI is InChI=1S/C12H12BrClN2O3/c1-16-3-2-9(12(16)19)15-11(18)7-4-6(13)5-8(14)10(7)17/h4-5,9,17H,2-3H2,1H3,(H,15,18)/t9-/m1/s1. The van der Waals surface area contributed by atoms with Crippen molar-refractivity contribution in [3.8, 4) is 5.75 Å². The van der Waals surface area contributed by atoms with Crippen LogP contribution < -0.4 is 5.32 Å². The highest BCUT2D eigenvalue weighted by atomic mass is 79.9. The summed E-state index contributed by atoms with van der Waals surface area (Å²) in [7, 11) is 1.68. The number of nitrogens with zero attached hydrogens (tertiary/aromatic N) is 1. The molecule has 0 aromatic heterocycles. The summed E-state index contributed by atoms with van der Waals surface area (Å²) >= 11 is 9.00. The summed E-state index contributed by atoms with van der Waals surface area (Å²) in [5.74, 6) is -0.940. The van der Waals surface area contributed by atoms with Crippen LogP contribution in [0.5, 0.6) is 5.75 Å². The van der Waals surface area contributed by atoms with Crippen molar-refractivity contribution in [2.45, 2.75) is 12.5 Å². The van der Waals surface area contributed by atoms with Crippen LogP contribution in [0.1, 0.15) is 16.8 Å². The number of hydrogen-bond acceptors (Lipinski definition) is 3. The number of hydrogen-bond donors (Lipinski definition) is 2. The predicted molar refractivity (Wildman–Crippen MR) is 74.3 cm³/mol. The van der Waals surface area contributed by atoms with Gasteiger partial charge in [0.05, 0.1) is 10.6 Å². The second-order valence-corrected chi connectivity index (χ2v) is 5.68. The zero-order valence-electron chi connectivity index (χ0n) is 10.1. The first kappa shape index (κ1) is 14.1. The average Bonchev–Trinajstić information content (AvgIpc) is 2.65. The predicted octanol–water partition coefficient (Wildman–Crippen LogP) is 1.77. The molecule has 0 bridgehead atoms. The van der Waals surface area contributed by atoms with Crippen LogP contribution in [0, 0.1) is 0 Å². The van der Waals surface area contributed by atoms with Crippen LogP contribution in [0.2, 0.25) is 5.02 Å². The van der Waals surface area contributed by atoms with E-state index in [0.717, 1.165) is 0 Å². The van der Waals surface area contributed by atoms with Crippen molar-refractivity contribution in [3.05, 3.63) is 27.2 Å². The van der Waals surface area contributed by atoms with Crippen molar-refractivity contribution < 1.29 is 14.7 Å². The zero-order valence-corrected chi connectivity index (χ0v) is 12.5. The lowest BCUT2D eigenvalue weighted by Crippen LogP contribution is -2.40. The minimum absolute atomic E-state index is 0.0433. The molecule has 2 amide bonds. The lowest BCUT2D eigenvalue weighted by Gasteiger charge is -2.13. The van der Waals surface area contributed by atoms with Gasteiger partial charge in [-0.2, -0.15) is 0 Å². The molecular formula is C12H12BrClN2O3. The van der Waals surface area contributed by atoms with Gasteiger partial charge in [-0.15, -0.1) is 0 Å². The van der Waals surface area contributed by atoms with Crippen molar-refractivity contribution in [1.82, 2.24) is 10.2 Å². The minimum Gasteiger partial charge on any atom is -0.506 e. The van der Waals surface area contributed by atoms with Gasteiger partial charge in [-0.3, -0.25) is 9.59 Å². The SMILES string of the molecule is CN1CC[C@@H](NC(=O)c2cc(Br)cc(Cl)c2O)C1=O. The Morgan fingerprint density at radius 3 is 2.84 bits per heavy atom. The molecule has 1 aliphatic heterocycles. The molecule has 1 aliphatic rings. The molecule has 0 unspecified atom stereocenters. The number of benzene rings is 1. The van der Waals surface area contributed by atoms with Gasteiger partial charge in [-0.25, -0.2) is 0 Å². The largest absolute Gasteiger partial charge is 0.506 e. The number of rotatable bonds is 2. The maximum atomic E-state index is 12.1. The van der Waals surface area contributed by atoms with Crippen LogP contribution in [0.3, 0.4) is 0 Å². The Morgan fingerprint density at radius 1 is 1.58 bits per heavy atom. The summed E-state index contributed by atoms with van der Waals surface area (Å²) in [6.07, 6.45) is 0.559. The first-order chi connectivity index (χ1) is 8.90. The Balaban J connectivity index is 2.19. The fourth-order valence-electron chi connectivity index (χ4n) is 1.93. The van der Waals surface area contributed by atoms with Gasteiger partial charge in [-0.1, -0.05) is 27.5 Å². The summed E-state index contributed by atoms with van der Waals surface area (Å²) in [5.41, 5.74) is 0.0433. The molecular weight excluding hydrogens is 336 g/mol. The first-order valence-electron chi connectivity index (χ1n) is 5.64. The van der Waals surface area contributed by atoms with Gasteiger partial charge in [0.2, 0.25) is 5.91 Å². The number of nitrogens with one attached hydrogen (secondary N) is 1. The van der Waals surface area contributed by atoms with E-state index in [4.69, 9.17) is 11.6 Å². The number of aromatic hydroxyl groups is 1. The summed E-state index contributed by atoms with van der Waals surface area (Å²) in [4.78, 5) is 25.3. The molecule has 1 heterocycles. The number of amides is 2. The molecule has 0 aliphatic carbocycles. The van der Waals surface area contributed by atoms with Crippen LogP contribution in [-0.2, 0) is 4.79 Å². The quantitative estimate of drug-likeness (QED) is 0.856. The van der Waals surface area contributed by atoms with E-state index < -0.39 is 11.9 Å². The van der Waals surface area contributed by atoms with E-state index in [1.165, 1.54) is 12.1 Å². The average molecular weight is 348 g/mol. The maximum absolute atomic E-state index is 12.1. The van der Waals surface area contributed by atoms with Gasteiger partial charge in [0.25, 0.3) is 5.91 Å². The molecule has 0 spiro atoms. The van der Waals surface area contributed by atoms with E-state index in [0.29, 0.717) is 17.4 Å². The first-order valence-corrected chi connectivity index (χ1v) is 6.81. The topological polar surface area (TPSA) is 69.6 Å². The molecule has 1 atom stereocenters. The Bertz CT molecular complexity index is 550. The number of carbonyl (C=O) groups is 2. The monoisotopic (exact) mass is 346 g/mol. The highest BCUT2D eigenvalue weighted by molar-refractivity contribution is 9.10. The Labute approximate surface area is 123 Å². The van der Waals surface area contributed by atoms with Gasteiger partial charge >= 0.3 is 0 Å². The second-order valence-electron chi connectivity index (χ2n) is 4.36. The molecule has 102 valence electrons. The molecule has 5 nitrogen and oxygen atoms in total. The van der Waals surface area contributed by atoms with Gasteiger partial charge in [0.15, 0.2) is 0 Å². The number of likely N-dealkylation sites (tertiary alicyclic amines) is 1. The third-order valence-electron chi connectivity index (χ3n) is 3.01. The third-order valence-corrected chi connectivity index (χ3v) is 3.75. The molecule has 1 aromatic carbocycles. The second kappa shape index (κ2) is 5.38. The van der Waals surface area contributed by atoms with Crippen molar-refractivity contribution in [1.29, 1.82) is 0 Å². The number of halogens is 2. The maximum Gasteiger partial charge on any atom is 0.255 e. The molecule has 0 radical (unpaired) electrons. The van der Waals surface area contributed by atoms with Crippen molar-refractivity contribution >= 4 is 39.3 Å². The van der Waals surface area contributed by atoms with Crippen molar-refractivity contribution in [2.75, 3.05) is 13.6 Å². The van der Waals surface area contributed by atoms with Crippen LogP contribution in [0.4, 0.5) is 0 Å². The van der Waals surface area contributed by atoms with Gasteiger partial charge in [0, 0.05) is 18.1 Å². The summed E-state index contributed by atoms with van der Waals surface area (Å²) in [6, 6.07) is 2.40. The number of phenolic OH excluding ortho intramolecular Hbond substituents is 1. The van der Waals surface area contributed by atoms with E-state index in [9.17, 15) is 14.7 Å². The van der Waals surface area contributed by atoms with Gasteiger partial charge in [0.1, 0.15) is 11.8 Å². The van der Waals surface area contributed by atoms with Crippen LogP contribution in [-0.4, -0.2) is 41.5 Å². The highest BCUT2D eigenvalue weighted by Crippen LogP contribution is 2.31. The molecule has 1 aromatic rings. The minimum atomic E-state index is -0.547. The van der Waals surface area contributed by atoms with E-state index in [2.05, 4.69) is 21.2 Å². The Morgan fingerprint density at radius 2 is 2.26 bits per heavy atom. The third kappa shape index (κ3) is 2.84.